The van der Waals surface area contributed by atoms with Crippen molar-refractivity contribution in [3.63, 3.8) is 0 Å². The largest absolute Gasteiger partial charge is 0.416 e. The lowest BCUT2D eigenvalue weighted by atomic mass is 9.99. The molecule has 106 valence electrons. The number of aliphatic hydroxyl groups is 1. The number of benzene rings is 2. The van der Waals surface area contributed by atoms with Crippen LogP contribution in [0.15, 0.2) is 46.9 Å². The topological polar surface area (TPSA) is 20.2 Å². The Morgan fingerprint density at radius 1 is 1.05 bits per heavy atom. The molecular formula is C14H9BrClF3O. The van der Waals surface area contributed by atoms with Crippen LogP contribution in [0.3, 0.4) is 0 Å². The van der Waals surface area contributed by atoms with Crippen LogP contribution in [0, 0.1) is 0 Å². The van der Waals surface area contributed by atoms with Gasteiger partial charge in [0.2, 0.25) is 0 Å². The molecule has 0 radical (unpaired) electrons. The Labute approximate surface area is 127 Å². The van der Waals surface area contributed by atoms with Gasteiger partial charge in [0.05, 0.1) is 5.56 Å². The number of rotatable bonds is 2. The highest BCUT2D eigenvalue weighted by atomic mass is 79.9. The van der Waals surface area contributed by atoms with Crippen LogP contribution in [-0.2, 0) is 6.18 Å². The summed E-state index contributed by atoms with van der Waals surface area (Å²) in [6, 6.07) is 9.34. The lowest BCUT2D eigenvalue weighted by molar-refractivity contribution is -0.137. The smallest absolute Gasteiger partial charge is 0.384 e. The van der Waals surface area contributed by atoms with Gasteiger partial charge in [-0.05, 0) is 41.5 Å². The van der Waals surface area contributed by atoms with E-state index in [4.69, 9.17) is 11.6 Å². The maximum absolute atomic E-state index is 12.7. The zero-order chi connectivity index (χ0) is 14.9. The van der Waals surface area contributed by atoms with Crippen molar-refractivity contribution in [2.75, 3.05) is 0 Å². The fourth-order valence-corrected chi connectivity index (χ4v) is 2.70. The molecule has 2 rings (SSSR count). The van der Waals surface area contributed by atoms with Crippen molar-refractivity contribution in [1.82, 2.24) is 0 Å². The zero-order valence-corrected chi connectivity index (χ0v) is 12.3. The first-order chi connectivity index (χ1) is 9.27. The minimum absolute atomic E-state index is 0.161. The lowest BCUT2D eigenvalue weighted by Gasteiger charge is -2.14. The molecule has 0 fully saturated rings. The van der Waals surface area contributed by atoms with Gasteiger partial charge in [0, 0.05) is 9.50 Å². The summed E-state index contributed by atoms with van der Waals surface area (Å²) in [5, 5.41) is 10.6. The summed E-state index contributed by atoms with van der Waals surface area (Å²) in [6.45, 7) is 0. The van der Waals surface area contributed by atoms with E-state index in [1.54, 1.807) is 12.1 Å². The van der Waals surface area contributed by atoms with E-state index < -0.39 is 17.8 Å². The molecule has 2 aromatic carbocycles. The molecule has 0 aliphatic heterocycles. The molecule has 1 N–H and O–H groups in total. The van der Waals surface area contributed by atoms with E-state index in [9.17, 15) is 18.3 Å². The van der Waals surface area contributed by atoms with E-state index in [1.807, 2.05) is 0 Å². The number of hydrogen-bond acceptors (Lipinski definition) is 1. The van der Waals surface area contributed by atoms with Gasteiger partial charge in [0.25, 0.3) is 0 Å². The second kappa shape index (κ2) is 5.76. The van der Waals surface area contributed by atoms with E-state index in [2.05, 4.69) is 15.9 Å². The van der Waals surface area contributed by atoms with Gasteiger partial charge in [-0.25, -0.2) is 0 Å². The molecule has 20 heavy (non-hydrogen) atoms. The Hall–Kier alpha value is -1.04. The van der Waals surface area contributed by atoms with Gasteiger partial charge in [0.15, 0.2) is 0 Å². The zero-order valence-electron chi connectivity index (χ0n) is 9.96. The Morgan fingerprint density at radius 3 is 2.35 bits per heavy atom. The van der Waals surface area contributed by atoms with Crippen molar-refractivity contribution in [3.05, 3.63) is 68.7 Å². The second-order valence-electron chi connectivity index (χ2n) is 4.23. The molecule has 0 aliphatic rings. The third-order valence-corrected chi connectivity index (χ3v) is 3.41. The molecule has 6 heteroatoms. The van der Waals surface area contributed by atoms with Crippen LogP contribution < -0.4 is 0 Å². The summed E-state index contributed by atoms with van der Waals surface area (Å²) < 4.78 is 38.6. The standard InChI is InChI=1S/C14H9BrClF3O/c15-11-5-9(6-12(16)7-11)13(20)8-2-1-3-10(4-8)14(17,18)19/h1-7,13,20H. The van der Waals surface area contributed by atoms with Crippen LogP contribution in [-0.4, -0.2) is 5.11 Å². The molecule has 1 atom stereocenters. The van der Waals surface area contributed by atoms with Crippen LogP contribution in [0.5, 0.6) is 0 Å². The molecule has 0 aliphatic carbocycles. The SMILES string of the molecule is OC(c1cc(Cl)cc(Br)c1)c1cccc(C(F)(F)F)c1. The van der Waals surface area contributed by atoms with E-state index in [0.717, 1.165) is 12.1 Å². The molecule has 0 saturated heterocycles. The second-order valence-corrected chi connectivity index (χ2v) is 5.58. The third-order valence-electron chi connectivity index (χ3n) is 2.73. The summed E-state index contributed by atoms with van der Waals surface area (Å²) in [5.41, 5.74) is -0.215. The fraction of sp³-hybridized carbons (Fsp3) is 0.143. The van der Waals surface area contributed by atoms with Gasteiger partial charge in [0.1, 0.15) is 6.10 Å². The van der Waals surface area contributed by atoms with Gasteiger partial charge < -0.3 is 5.11 Å². The third kappa shape index (κ3) is 3.53. The Kier molecular flexibility index (Phi) is 4.42. The lowest BCUT2D eigenvalue weighted by Crippen LogP contribution is -2.07. The molecule has 0 spiro atoms. The quantitative estimate of drug-likeness (QED) is 0.775. The summed E-state index contributed by atoms with van der Waals surface area (Å²) in [6.07, 6.45) is -5.61. The summed E-state index contributed by atoms with van der Waals surface area (Å²) in [5.74, 6) is 0. The van der Waals surface area contributed by atoms with Gasteiger partial charge in [-0.3, -0.25) is 0 Å². The van der Waals surface area contributed by atoms with E-state index in [1.165, 1.54) is 18.2 Å². The first-order valence-corrected chi connectivity index (χ1v) is 6.75. The number of hydrogen-bond donors (Lipinski definition) is 1. The summed E-state index contributed by atoms with van der Waals surface area (Å²) in [7, 11) is 0. The molecule has 0 amide bonds. The monoisotopic (exact) mass is 364 g/mol. The highest BCUT2D eigenvalue weighted by Crippen LogP contribution is 2.33. The summed E-state index contributed by atoms with van der Waals surface area (Å²) >= 11 is 9.09. The molecular weight excluding hydrogens is 357 g/mol. The van der Waals surface area contributed by atoms with E-state index in [-0.39, 0.29) is 5.56 Å². The number of aliphatic hydroxyl groups excluding tert-OH is 1. The normalized spacial score (nSPS) is 13.3. The molecule has 2 aromatic rings. The van der Waals surface area contributed by atoms with Gasteiger partial charge in [-0.2, -0.15) is 13.2 Å². The first kappa shape index (κ1) is 15.4. The van der Waals surface area contributed by atoms with Crippen molar-refractivity contribution in [2.45, 2.75) is 12.3 Å². The predicted octanol–water partition coefficient (Wildman–Crippen LogP) is 5.20. The van der Waals surface area contributed by atoms with Gasteiger partial charge in [-0.1, -0.05) is 39.7 Å². The Morgan fingerprint density at radius 2 is 1.75 bits per heavy atom. The average molecular weight is 366 g/mol. The van der Waals surface area contributed by atoms with Crippen molar-refractivity contribution in [1.29, 1.82) is 0 Å². The van der Waals surface area contributed by atoms with Gasteiger partial charge >= 0.3 is 6.18 Å². The molecule has 0 heterocycles. The van der Waals surface area contributed by atoms with Crippen molar-refractivity contribution in [3.8, 4) is 0 Å². The maximum atomic E-state index is 12.7. The number of halogens is 5. The summed E-state index contributed by atoms with van der Waals surface area (Å²) in [4.78, 5) is 0. The predicted molar refractivity (Wildman–Crippen MR) is 74.7 cm³/mol. The molecule has 0 aromatic heterocycles. The van der Waals surface area contributed by atoms with E-state index >= 15 is 0 Å². The molecule has 0 bridgehead atoms. The molecule has 1 unspecified atom stereocenters. The van der Waals surface area contributed by atoms with Crippen molar-refractivity contribution >= 4 is 27.5 Å². The maximum Gasteiger partial charge on any atom is 0.416 e. The fourth-order valence-electron chi connectivity index (χ4n) is 1.81. The minimum atomic E-state index is -4.44. The van der Waals surface area contributed by atoms with Crippen LogP contribution in [0.2, 0.25) is 5.02 Å². The van der Waals surface area contributed by atoms with Crippen LogP contribution in [0.1, 0.15) is 22.8 Å². The van der Waals surface area contributed by atoms with Crippen molar-refractivity contribution in [2.24, 2.45) is 0 Å². The Balaban J connectivity index is 2.40. The highest BCUT2D eigenvalue weighted by Gasteiger charge is 2.31. The highest BCUT2D eigenvalue weighted by molar-refractivity contribution is 9.10. The first-order valence-electron chi connectivity index (χ1n) is 5.58. The number of alkyl halides is 3. The van der Waals surface area contributed by atoms with Crippen molar-refractivity contribution < 1.29 is 18.3 Å². The van der Waals surface area contributed by atoms with E-state index in [0.29, 0.717) is 15.1 Å². The van der Waals surface area contributed by atoms with Gasteiger partial charge in [-0.15, -0.1) is 0 Å². The Bertz CT molecular complexity index is 608. The minimum Gasteiger partial charge on any atom is -0.384 e. The van der Waals surface area contributed by atoms with Crippen LogP contribution >= 0.6 is 27.5 Å². The van der Waals surface area contributed by atoms with Crippen LogP contribution in [0.25, 0.3) is 0 Å². The molecule has 0 saturated carbocycles. The average Bonchev–Trinajstić information content (AvgIpc) is 2.36. The molecule has 1 nitrogen and oxygen atoms in total. The van der Waals surface area contributed by atoms with Crippen LogP contribution in [0.4, 0.5) is 13.2 Å².